The van der Waals surface area contributed by atoms with Gasteiger partial charge >= 0.3 is 5.69 Å². The van der Waals surface area contributed by atoms with Gasteiger partial charge in [-0.05, 0) is 62.1 Å². The quantitative estimate of drug-likeness (QED) is 0.241. The van der Waals surface area contributed by atoms with E-state index in [0.29, 0.717) is 18.2 Å². The highest BCUT2D eigenvalue weighted by molar-refractivity contribution is 6.30. The lowest BCUT2D eigenvalue weighted by molar-refractivity contribution is 0.151. The van der Waals surface area contributed by atoms with Crippen LogP contribution in [-0.4, -0.2) is 52.9 Å². The largest absolute Gasteiger partial charge is 0.394 e. The lowest BCUT2D eigenvalue weighted by atomic mass is 10.0. The maximum Gasteiger partial charge on any atom is 0.326 e. The van der Waals surface area contributed by atoms with Crippen molar-refractivity contribution < 1.29 is 4.84 Å². The molecule has 1 aliphatic heterocycles. The van der Waals surface area contributed by atoms with E-state index in [1.165, 1.54) is 0 Å². The van der Waals surface area contributed by atoms with Crippen LogP contribution < -0.4 is 11.4 Å². The molecule has 0 aliphatic carbocycles. The number of fused-ring (bicyclic) bond motifs is 1. The van der Waals surface area contributed by atoms with Crippen molar-refractivity contribution in [3.05, 3.63) is 69.6 Å². The van der Waals surface area contributed by atoms with Crippen LogP contribution in [0.1, 0.15) is 37.3 Å². The molecule has 2 heterocycles. The highest BCUT2D eigenvalue weighted by Gasteiger charge is 2.23. The Morgan fingerprint density at radius 2 is 1.82 bits per heavy atom. The number of piperidine rings is 1. The molecule has 186 valence electrons. The van der Waals surface area contributed by atoms with Crippen LogP contribution >= 0.6 is 36.4 Å². The predicted molar refractivity (Wildman–Crippen MR) is 144 cm³/mol. The molecule has 3 N–H and O–H groups in total. The summed E-state index contributed by atoms with van der Waals surface area (Å²) in [5, 5.41) is 5.02. The lowest BCUT2D eigenvalue weighted by Crippen LogP contribution is -2.37. The molecule has 0 saturated carbocycles. The molecule has 7 nitrogen and oxygen atoms in total. The number of imidazole rings is 1. The molecule has 4 rings (SSSR count). The molecule has 1 fully saturated rings. The topological polar surface area (TPSA) is 88.6 Å². The predicted octanol–water partition coefficient (Wildman–Crippen LogP) is 4.62. The number of H-pyrrole nitrogens is 1. The SMILES string of the molecule is Cl.Cl.NCCON=C(CCCN1CCC(n2c(=O)[nH]c3ccccc32)CC1)c1ccc(Cl)cc1. The summed E-state index contributed by atoms with van der Waals surface area (Å²) in [5.74, 6) is 0. The Hall–Kier alpha value is -2.03. The average molecular weight is 529 g/mol. The van der Waals surface area contributed by atoms with Crippen LogP contribution in [0, 0.1) is 0 Å². The number of aromatic nitrogens is 2. The Kier molecular flexibility index (Phi) is 11.4. The fourth-order valence-electron chi connectivity index (χ4n) is 4.37. The highest BCUT2D eigenvalue weighted by atomic mass is 35.5. The van der Waals surface area contributed by atoms with Crippen LogP contribution in [0.25, 0.3) is 11.0 Å². The number of halogens is 3. The zero-order chi connectivity index (χ0) is 22.3. The molecule has 0 atom stereocenters. The number of nitrogens with one attached hydrogen (secondary N) is 1. The van der Waals surface area contributed by atoms with E-state index in [0.717, 1.165) is 67.6 Å². The average Bonchev–Trinajstić information content (AvgIpc) is 3.15. The molecule has 2 aromatic carbocycles. The molecular weight excluding hydrogens is 497 g/mol. The van der Waals surface area contributed by atoms with Gasteiger partial charge in [0.1, 0.15) is 6.61 Å². The molecule has 1 aromatic heterocycles. The van der Waals surface area contributed by atoms with E-state index >= 15 is 0 Å². The third-order valence-electron chi connectivity index (χ3n) is 6.00. The van der Waals surface area contributed by atoms with Crippen LogP contribution in [0.5, 0.6) is 0 Å². The summed E-state index contributed by atoms with van der Waals surface area (Å²) < 4.78 is 1.94. The van der Waals surface area contributed by atoms with Crippen molar-refractivity contribution in [3.63, 3.8) is 0 Å². The molecule has 0 unspecified atom stereocenters. The summed E-state index contributed by atoms with van der Waals surface area (Å²) in [7, 11) is 0. The van der Waals surface area contributed by atoms with Gasteiger partial charge in [0.15, 0.2) is 0 Å². The lowest BCUT2D eigenvalue weighted by Gasteiger charge is -2.32. The smallest absolute Gasteiger partial charge is 0.326 e. The molecule has 34 heavy (non-hydrogen) atoms. The zero-order valence-electron chi connectivity index (χ0n) is 19.0. The molecule has 3 aromatic rings. The van der Waals surface area contributed by atoms with Gasteiger partial charge in [-0.25, -0.2) is 4.79 Å². The summed E-state index contributed by atoms with van der Waals surface area (Å²) >= 11 is 6.02. The van der Waals surface area contributed by atoms with E-state index in [1.807, 2.05) is 53.1 Å². The van der Waals surface area contributed by atoms with E-state index in [2.05, 4.69) is 15.0 Å². The Labute approximate surface area is 217 Å². The second-order valence-corrected chi connectivity index (χ2v) is 8.60. The maximum absolute atomic E-state index is 12.5. The molecule has 10 heteroatoms. The minimum Gasteiger partial charge on any atom is -0.394 e. The van der Waals surface area contributed by atoms with Crippen LogP contribution in [-0.2, 0) is 4.84 Å². The molecular formula is C24H32Cl3N5O2. The van der Waals surface area contributed by atoms with Crippen molar-refractivity contribution in [2.75, 3.05) is 32.8 Å². The van der Waals surface area contributed by atoms with Gasteiger partial charge in [-0.3, -0.25) is 4.57 Å². The first-order valence-electron chi connectivity index (χ1n) is 11.2. The van der Waals surface area contributed by atoms with Crippen molar-refractivity contribution >= 4 is 53.2 Å². The summed E-state index contributed by atoms with van der Waals surface area (Å²) in [6.07, 6.45) is 3.73. The van der Waals surface area contributed by atoms with E-state index in [9.17, 15) is 4.79 Å². The van der Waals surface area contributed by atoms with Crippen LogP contribution in [0.4, 0.5) is 0 Å². The summed E-state index contributed by atoms with van der Waals surface area (Å²) in [5.41, 5.74) is 9.34. The number of hydrogen-bond acceptors (Lipinski definition) is 5. The first-order valence-corrected chi connectivity index (χ1v) is 11.6. The standard InChI is InChI=1S/C24H30ClN5O2.2ClH/c25-19-9-7-18(8-10-19)21(28-32-17-13-26)5-3-14-29-15-11-20(12-16-29)30-23-6-2-1-4-22(23)27-24(30)31;;/h1-2,4,6-10,20H,3,5,11-17,26H2,(H,27,31);2*1H. The Balaban J connectivity index is 0.00000204. The number of aromatic amines is 1. The summed E-state index contributed by atoms with van der Waals surface area (Å²) in [6, 6.07) is 15.8. The van der Waals surface area contributed by atoms with Crippen molar-refractivity contribution in [3.8, 4) is 0 Å². The Morgan fingerprint density at radius 3 is 2.53 bits per heavy atom. The van der Waals surface area contributed by atoms with Crippen LogP contribution in [0.15, 0.2) is 58.5 Å². The first kappa shape index (κ1) is 28.2. The van der Waals surface area contributed by atoms with Crippen molar-refractivity contribution in [1.29, 1.82) is 0 Å². The number of rotatable bonds is 9. The fourth-order valence-corrected chi connectivity index (χ4v) is 4.50. The number of nitrogens with two attached hydrogens (primary N) is 1. The van der Waals surface area contributed by atoms with Gasteiger partial charge in [0.2, 0.25) is 0 Å². The molecule has 1 aliphatic rings. The third-order valence-corrected chi connectivity index (χ3v) is 6.25. The number of oxime groups is 1. The van der Waals surface area contributed by atoms with Crippen molar-refractivity contribution in [1.82, 2.24) is 14.5 Å². The number of benzene rings is 2. The molecule has 0 radical (unpaired) electrons. The highest BCUT2D eigenvalue weighted by Crippen LogP contribution is 2.25. The van der Waals surface area contributed by atoms with Gasteiger partial charge in [0, 0.05) is 30.7 Å². The Bertz CT molecular complexity index is 1110. The van der Waals surface area contributed by atoms with E-state index in [1.54, 1.807) is 0 Å². The van der Waals surface area contributed by atoms with Crippen LogP contribution in [0.2, 0.25) is 5.02 Å². The van der Waals surface area contributed by atoms with Gasteiger partial charge < -0.3 is 20.5 Å². The number of likely N-dealkylation sites (tertiary alicyclic amines) is 1. The molecule has 0 amide bonds. The van der Waals surface area contributed by atoms with Crippen molar-refractivity contribution in [2.24, 2.45) is 10.9 Å². The number of hydrogen-bond donors (Lipinski definition) is 2. The summed E-state index contributed by atoms with van der Waals surface area (Å²) in [4.78, 5) is 23.3. The second kappa shape index (κ2) is 13.8. The third kappa shape index (κ3) is 6.99. The fraction of sp³-hybridized carbons (Fsp3) is 0.417. The Morgan fingerprint density at radius 1 is 1.12 bits per heavy atom. The normalized spacial score (nSPS) is 15.1. The molecule has 1 saturated heterocycles. The molecule has 0 bridgehead atoms. The van der Waals surface area contributed by atoms with Gasteiger partial charge in [-0.15, -0.1) is 24.8 Å². The van der Waals surface area contributed by atoms with E-state index < -0.39 is 0 Å². The minimum absolute atomic E-state index is 0. The minimum atomic E-state index is -0.00838. The van der Waals surface area contributed by atoms with E-state index in [4.69, 9.17) is 22.2 Å². The van der Waals surface area contributed by atoms with Gasteiger partial charge in [0.05, 0.1) is 16.7 Å². The van der Waals surface area contributed by atoms with Gasteiger partial charge in [-0.1, -0.05) is 41.0 Å². The van der Waals surface area contributed by atoms with Gasteiger partial charge in [-0.2, -0.15) is 0 Å². The van der Waals surface area contributed by atoms with E-state index in [-0.39, 0.29) is 36.5 Å². The number of nitrogens with zero attached hydrogens (tertiary/aromatic N) is 3. The monoisotopic (exact) mass is 527 g/mol. The van der Waals surface area contributed by atoms with Gasteiger partial charge in [0.25, 0.3) is 0 Å². The number of para-hydroxylation sites is 2. The van der Waals surface area contributed by atoms with Crippen molar-refractivity contribution in [2.45, 2.75) is 31.7 Å². The zero-order valence-corrected chi connectivity index (χ0v) is 21.4. The first-order chi connectivity index (χ1) is 15.7. The maximum atomic E-state index is 12.5. The second-order valence-electron chi connectivity index (χ2n) is 8.16. The summed E-state index contributed by atoms with van der Waals surface area (Å²) in [6.45, 7) is 3.78. The van der Waals surface area contributed by atoms with Crippen LogP contribution in [0.3, 0.4) is 0 Å². The molecule has 0 spiro atoms.